The monoisotopic (exact) mass is 501 g/mol. The number of nitrogens with zero attached hydrogens (tertiary/aromatic N) is 4. The highest BCUT2D eigenvalue weighted by molar-refractivity contribution is 6.30. The van der Waals surface area contributed by atoms with Crippen LogP contribution >= 0.6 is 11.6 Å². The first-order valence-electron chi connectivity index (χ1n) is 11.7. The normalized spacial score (nSPS) is 14.4. The molecule has 35 heavy (non-hydrogen) atoms. The first-order chi connectivity index (χ1) is 16.8. The van der Waals surface area contributed by atoms with E-state index in [1.54, 1.807) is 36.4 Å². The van der Waals surface area contributed by atoms with Crippen molar-refractivity contribution in [1.29, 1.82) is 0 Å². The van der Waals surface area contributed by atoms with Crippen LogP contribution in [-0.4, -0.2) is 64.0 Å². The zero-order valence-corrected chi connectivity index (χ0v) is 20.6. The van der Waals surface area contributed by atoms with Crippen molar-refractivity contribution in [2.24, 2.45) is 0 Å². The number of nitrogens with one attached hydrogen (secondary N) is 1. The predicted molar refractivity (Wildman–Crippen MR) is 132 cm³/mol. The van der Waals surface area contributed by atoms with Gasteiger partial charge in [-0.2, -0.15) is 4.68 Å². The quantitative estimate of drug-likeness (QED) is 0.513. The molecule has 1 amide bonds. The van der Waals surface area contributed by atoms with Crippen molar-refractivity contribution >= 4 is 17.5 Å². The van der Waals surface area contributed by atoms with Crippen molar-refractivity contribution in [3.8, 4) is 17.1 Å². The zero-order valence-electron chi connectivity index (χ0n) is 19.8. The predicted octanol–water partition coefficient (Wildman–Crippen LogP) is 2.89. The van der Waals surface area contributed by atoms with Crippen molar-refractivity contribution in [2.45, 2.75) is 32.9 Å². The minimum Gasteiger partial charge on any atom is -0.379 e. The van der Waals surface area contributed by atoms with Crippen LogP contribution in [-0.2, 0) is 22.5 Å². The van der Waals surface area contributed by atoms with Crippen molar-refractivity contribution in [2.75, 3.05) is 32.8 Å². The number of benzene rings is 2. The first-order valence-corrected chi connectivity index (χ1v) is 12.0. The smallest absolute Gasteiger partial charge is 0.351 e. The van der Waals surface area contributed by atoms with E-state index >= 15 is 4.39 Å². The van der Waals surface area contributed by atoms with Gasteiger partial charge in [0.1, 0.15) is 18.0 Å². The van der Waals surface area contributed by atoms with Crippen LogP contribution in [0.4, 0.5) is 4.39 Å². The van der Waals surface area contributed by atoms with Gasteiger partial charge in [-0.05, 0) is 50.1 Å². The Kier molecular flexibility index (Phi) is 8.00. The highest BCUT2D eigenvalue weighted by atomic mass is 35.5. The molecule has 1 aliphatic rings. The molecule has 186 valence electrons. The molecule has 0 saturated carbocycles. The number of aromatic nitrogens is 3. The summed E-state index contributed by atoms with van der Waals surface area (Å²) in [6.45, 7) is 7.37. The fourth-order valence-electron chi connectivity index (χ4n) is 4.04. The molecule has 1 aliphatic heterocycles. The summed E-state index contributed by atoms with van der Waals surface area (Å²) in [5.41, 5.74) is 0.792. The Hall–Kier alpha value is -3.01. The number of hydrogen-bond donors (Lipinski definition) is 1. The van der Waals surface area contributed by atoms with E-state index < -0.39 is 11.5 Å². The summed E-state index contributed by atoms with van der Waals surface area (Å²) in [6.07, 6.45) is 0.684. The molecule has 0 atom stereocenters. The van der Waals surface area contributed by atoms with E-state index in [-0.39, 0.29) is 30.0 Å². The number of carbonyl (C=O) groups is 1. The van der Waals surface area contributed by atoms with E-state index in [4.69, 9.17) is 16.3 Å². The summed E-state index contributed by atoms with van der Waals surface area (Å²) in [5.74, 6) is -0.670. The summed E-state index contributed by atoms with van der Waals surface area (Å²) in [4.78, 5) is 28.0. The second-order valence-corrected chi connectivity index (χ2v) is 9.26. The molecule has 0 unspecified atom stereocenters. The molecule has 1 saturated heterocycles. The van der Waals surface area contributed by atoms with E-state index in [0.717, 1.165) is 29.9 Å². The fraction of sp³-hybridized carbons (Fsp3) is 0.400. The topological polar surface area (TPSA) is 81.4 Å². The number of morpholine rings is 1. The second kappa shape index (κ2) is 11.2. The fourth-order valence-corrected chi connectivity index (χ4v) is 4.23. The average Bonchev–Trinajstić information content (AvgIpc) is 3.13. The van der Waals surface area contributed by atoms with Crippen LogP contribution in [0.5, 0.6) is 0 Å². The van der Waals surface area contributed by atoms with Gasteiger partial charge in [0, 0.05) is 36.3 Å². The highest BCUT2D eigenvalue weighted by Gasteiger charge is 2.21. The third kappa shape index (κ3) is 6.17. The summed E-state index contributed by atoms with van der Waals surface area (Å²) in [7, 11) is 0. The van der Waals surface area contributed by atoms with Crippen molar-refractivity contribution < 1.29 is 13.9 Å². The molecular formula is C25H29ClFN5O3. The molecule has 0 radical (unpaired) electrons. The highest BCUT2D eigenvalue weighted by Crippen LogP contribution is 2.22. The Morgan fingerprint density at radius 1 is 1.20 bits per heavy atom. The second-order valence-electron chi connectivity index (χ2n) is 8.83. The minimum atomic E-state index is -0.612. The van der Waals surface area contributed by atoms with E-state index in [9.17, 15) is 9.59 Å². The molecule has 3 aromatic rings. The van der Waals surface area contributed by atoms with Gasteiger partial charge in [0.05, 0.1) is 13.2 Å². The third-order valence-electron chi connectivity index (χ3n) is 5.76. The van der Waals surface area contributed by atoms with Gasteiger partial charge in [0.15, 0.2) is 5.82 Å². The van der Waals surface area contributed by atoms with Gasteiger partial charge in [-0.25, -0.2) is 9.18 Å². The van der Waals surface area contributed by atoms with Crippen molar-refractivity contribution in [3.05, 3.63) is 69.4 Å². The Balaban J connectivity index is 1.65. The number of rotatable bonds is 8. The maximum Gasteiger partial charge on any atom is 0.351 e. The van der Waals surface area contributed by atoms with E-state index in [2.05, 4.69) is 15.3 Å². The van der Waals surface area contributed by atoms with Crippen LogP contribution in [0.25, 0.3) is 17.1 Å². The van der Waals surface area contributed by atoms with E-state index in [1.807, 2.05) is 13.8 Å². The Labute approximate surface area is 208 Å². The van der Waals surface area contributed by atoms with Crippen LogP contribution < -0.4 is 11.0 Å². The molecule has 0 spiro atoms. The van der Waals surface area contributed by atoms with Crippen molar-refractivity contribution in [3.63, 3.8) is 0 Å². The SMILES string of the molecule is CC(C)NC(=O)Cn1c(-c2cccc(Cl)c2)nn(-c2ccc(CCN3CCOCC3)cc2F)c1=O. The number of amides is 1. The molecule has 4 rings (SSSR count). The summed E-state index contributed by atoms with van der Waals surface area (Å²) < 4.78 is 22.8. The standard InChI is InChI=1S/C25H29ClFN5O3/c1-17(2)28-23(33)16-31-24(19-4-3-5-20(26)15-19)29-32(25(31)34)22-7-6-18(14-21(22)27)8-9-30-10-12-35-13-11-30/h3-7,14-15,17H,8-13,16H2,1-2H3,(H,28,33). The maximum absolute atomic E-state index is 15.2. The number of ether oxygens (including phenoxy) is 1. The van der Waals surface area contributed by atoms with Gasteiger partial charge in [-0.15, -0.1) is 5.10 Å². The lowest BCUT2D eigenvalue weighted by Crippen LogP contribution is -2.37. The molecule has 0 aliphatic carbocycles. The first kappa shape index (κ1) is 25.1. The van der Waals surface area contributed by atoms with Crippen LogP contribution in [0, 0.1) is 5.82 Å². The molecule has 2 heterocycles. The number of halogens is 2. The van der Waals surface area contributed by atoms with Crippen molar-refractivity contribution in [1.82, 2.24) is 24.6 Å². The van der Waals surface area contributed by atoms with Gasteiger partial charge in [-0.3, -0.25) is 14.3 Å². The summed E-state index contributed by atoms with van der Waals surface area (Å²) in [5, 5.41) is 7.63. The summed E-state index contributed by atoms with van der Waals surface area (Å²) >= 11 is 6.14. The lowest BCUT2D eigenvalue weighted by atomic mass is 10.1. The zero-order chi connectivity index (χ0) is 24.9. The van der Waals surface area contributed by atoms with Crippen LogP contribution in [0.2, 0.25) is 5.02 Å². The van der Waals surface area contributed by atoms with E-state index in [0.29, 0.717) is 30.2 Å². The lowest BCUT2D eigenvalue weighted by molar-refractivity contribution is -0.122. The Bertz CT molecular complexity index is 1250. The molecule has 1 fully saturated rings. The summed E-state index contributed by atoms with van der Waals surface area (Å²) in [6, 6.07) is 11.5. The molecule has 1 aromatic heterocycles. The molecule has 8 nitrogen and oxygen atoms in total. The number of hydrogen-bond acceptors (Lipinski definition) is 5. The molecule has 0 bridgehead atoms. The largest absolute Gasteiger partial charge is 0.379 e. The maximum atomic E-state index is 15.2. The minimum absolute atomic E-state index is 0.0245. The van der Waals surface area contributed by atoms with Gasteiger partial charge in [0.25, 0.3) is 0 Å². The van der Waals surface area contributed by atoms with Gasteiger partial charge in [-0.1, -0.05) is 29.8 Å². The molecule has 1 N–H and O–H groups in total. The number of carbonyl (C=O) groups excluding carboxylic acids is 1. The van der Waals surface area contributed by atoms with Crippen LogP contribution in [0.1, 0.15) is 19.4 Å². The molecule has 10 heteroatoms. The lowest BCUT2D eigenvalue weighted by Gasteiger charge is -2.26. The Morgan fingerprint density at radius 2 is 1.97 bits per heavy atom. The average molecular weight is 502 g/mol. The van der Waals surface area contributed by atoms with Gasteiger partial charge in [0.2, 0.25) is 5.91 Å². The van der Waals surface area contributed by atoms with E-state index in [1.165, 1.54) is 10.6 Å². The molecule has 2 aromatic carbocycles. The van der Waals surface area contributed by atoms with Gasteiger partial charge < -0.3 is 10.1 Å². The van der Waals surface area contributed by atoms with Crippen LogP contribution in [0.3, 0.4) is 0 Å². The Morgan fingerprint density at radius 3 is 2.66 bits per heavy atom. The third-order valence-corrected chi connectivity index (χ3v) is 5.99. The van der Waals surface area contributed by atoms with Gasteiger partial charge >= 0.3 is 5.69 Å². The van der Waals surface area contributed by atoms with Crippen LogP contribution in [0.15, 0.2) is 47.3 Å². The molecular weight excluding hydrogens is 473 g/mol.